The number of ether oxygens (including phenoxy) is 1. The van der Waals surface area contributed by atoms with Gasteiger partial charge in [-0.1, -0.05) is 79.2 Å². The van der Waals surface area contributed by atoms with E-state index in [2.05, 4.69) is 53.7 Å². The Kier molecular flexibility index (Phi) is 14.8. The van der Waals surface area contributed by atoms with E-state index in [0.717, 1.165) is 18.8 Å². The molecule has 0 radical (unpaired) electrons. The molecule has 4 nitrogen and oxygen atoms in total. The molecule has 0 saturated heterocycles. The van der Waals surface area contributed by atoms with Crippen molar-refractivity contribution in [1.82, 2.24) is 0 Å². The minimum absolute atomic E-state index is 0.130. The predicted octanol–water partition coefficient (Wildman–Crippen LogP) is 6.56. The molecule has 5 heteroatoms. The highest BCUT2D eigenvalue weighted by molar-refractivity contribution is 7.38. The van der Waals surface area contributed by atoms with Crippen molar-refractivity contribution in [2.75, 3.05) is 6.61 Å². The van der Waals surface area contributed by atoms with Crippen LogP contribution in [0, 0.1) is 6.92 Å². The minimum Gasteiger partial charge on any atom is -0.493 e. The lowest BCUT2D eigenvalue weighted by Crippen LogP contribution is -2.18. The average Bonchev–Trinajstić information content (AvgIpc) is 2.59. The fraction of sp³-hybridized carbons (Fsp3) is 0.739. The van der Waals surface area contributed by atoms with E-state index in [-0.39, 0.29) is 5.41 Å². The van der Waals surface area contributed by atoms with E-state index >= 15 is 0 Å². The van der Waals surface area contributed by atoms with E-state index in [1.165, 1.54) is 68.1 Å². The summed E-state index contributed by atoms with van der Waals surface area (Å²) in [5.74, 6) is 1.12. The lowest BCUT2D eigenvalue weighted by atomic mass is 9.80. The maximum absolute atomic E-state index is 7.23. The zero-order valence-electron chi connectivity index (χ0n) is 18.9. The molecule has 0 aromatic heterocycles. The molecule has 0 atom stereocenters. The summed E-state index contributed by atoms with van der Waals surface area (Å²) in [6.07, 6.45) is 11.5. The third-order valence-electron chi connectivity index (χ3n) is 4.79. The van der Waals surface area contributed by atoms with Crippen LogP contribution in [-0.2, 0) is 11.8 Å². The van der Waals surface area contributed by atoms with Gasteiger partial charge in [0.15, 0.2) is 0 Å². The Hall–Kier alpha value is -0.670. The number of hydrogen-bond donors (Lipinski definition) is 3. The predicted molar refractivity (Wildman–Crippen MR) is 121 cm³/mol. The van der Waals surface area contributed by atoms with Crippen LogP contribution in [0.2, 0.25) is 0 Å². The number of unbranched alkanes of at least 4 members (excludes halogenated alkanes) is 6. The van der Waals surface area contributed by atoms with Crippen LogP contribution in [0.15, 0.2) is 12.1 Å². The smallest absolute Gasteiger partial charge is 0.324 e. The van der Waals surface area contributed by atoms with E-state index in [9.17, 15) is 0 Å². The van der Waals surface area contributed by atoms with Gasteiger partial charge in [0.2, 0.25) is 0 Å². The topological polar surface area (TPSA) is 69.9 Å². The normalized spacial score (nSPS) is 11.4. The highest BCUT2D eigenvalue weighted by Gasteiger charge is 2.24. The van der Waals surface area contributed by atoms with Gasteiger partial charge in [-0.2, -0.15) is 0 Å². The SMILES string of the molecule is CCCCCCOc1ccc(C)c(CCCCCC)c1C(C)(C)C.OP(O)O. The second-order valence-electron chi connectivity index (χ2n) is 8.47. The van der Waals surface area contributed by atoms with Crippen LogP contribution in [0.3, 0.4) is 0 Å². The Morgan fingerprint density at radius 3 is 1.89 bits per heavy atom. The molecule has 0 aliphatic carbocycles. The Balaban J connectivity index is 0.00000165. The average molecular weight is 415 g/mol. The van der Waals surface area contributed by atoms with E-state index in [0.29, 0.717) is 0 Å². The van der Waals surface area contributed by atoms with Crippen molar-refractivity contribution in [1.29, 1.82) is 0 Å². The molecule has 0 amide bonds. The largest absolute Gasteiger partial charge is 0.493 e. The van der Waals surface area contributed by atoms with Gasteiger partial charge in [0.05, 0.1) is 6.61 Å². The van der Waals surface area contributed by atoms with Gasteiger partial charge in [0, 0.05) is 5.56 Å². The molecule has 0 heterocycles. The maximum atomic E-state index is 7.23. The van der Waals surface area contributed by atoms with Crippen LogP contribution in [0.5, 0.6) is 5.75 Å². The first-order valence-electron chi connectivity index (χ1n) is 10.8. The van der Waals surface area contributed by atoms with Crippen molar-refractivity contribution in [3.05, 3.63) is 28.8 Å². The summed E-state index contributed by atoms with van der Waals surface area (Å²) < 4.78 is 6.23. The van der Waals surface area contributed by atoms with Crippen LogP contribution in [0.1, 0.15) is 103 Å². The molecule has 0 aliphatic rings. The molecule has 164 valence electrons. The number of hydrogen-bond acceptors (Lipinski definition) is 4. The summed E-state index contributed by atoms with van der Waals surface area (Å²) in [7, 11) is -2.62. The molecule has 3 N–H and O–H groups in total. The summed E-state index contributed by atoms with van der Waals surface area (Å²) in [6.45, 7) is 14.6. The molecular formula is C23H43O4P. The molecular weight excluding hydrogens is 371 g/mol. The molecule has 0 aliphatic heterocycles. The molecule has 0 bridgehead atoms. The minimum atomic E-state index is -2.62. The number of rotatable bonds is 11. The lowest BCUT2D eigenvalue weighted by Gasteiger charge is -2.28. The lowest BCUT2D eigenvalue weighted by molar-refractivity contribution is 0.296. The first-order valence-corrected chi connectivity index (χ1v) is 12.0. The van der Waals surface area contributed by atoms with E-state index in [4.69, 9.17) is 19.4 Å². The van der Waals surface area contributed by atoms with Crippen LogP contribution in [0.4, 0.5) is 0 Å². The van der Waals surface area contributed by atoms with Crippen molar-refractivity contribution >= 4 is 8.60 Å². The Morgan fingerprint density at radius 2 is 1.39 bits per heavy atom. The van der Waals surface area contributed by atoms with Crippen LogP contribution >= 0.6 is 8.60 Å². The number of benzene rings is 1. The highest BCUT2D eigenvalue weighted by atomic mass is 31.2. The summed E-state index contributed by atoms with van der Waals surface area (Å²) in [5.41, 5.74) is 4.53. The van der Waals surface area contributed by atoms with Crippen LogP contribution < -0.4 is 4.74 Å². The van der Waals surface area contributed by atoms with Gasteiger partial charge < -0.3 is 19.4 Å². The molecule has 0 saturated carbocycles. The summed E-state index contributed by atoms with van der Waals surface area (Å²) in [6, 6.07) is 4.46. The van der Waals surface area contributed by atoms with Crippen molar-refractivity contribution < 1.29 is 19.4 Å². The molecule has 1 aromatic rings. The van der Waals surface area contributed by atoms with Gasteiger partial charge in [-0.05, 0) is 48.8 Å². The fourth-order valence-corrected chi connectivity index (χ4v) is 3.43. The molecule has 28 heavy (non-hydrogen) atoms. The van der Waals surface area contributed by atoms with E-state index in [1.54, 1.807) is 0 Å². The van der Waals surface area contributed by atoms with Gasteiger partial charge >= 0.3 is 8.60 Å². The first kappa shape index (κ1) is 27.3. The van der Waals surface area contributed by atoms with Crippen molar-refractivity contribution in [3.63, 3.8) is 0 Å². The first-order chi connectivity index (χ1) is 13.1. The zero-order chi connectivity index (χ0) is 21.6. The molecule has 1 aromatic carbocycles. The Morgan fingerprint density at radius 1 is 0.857 bits per heavy atom. The van der Waals surface area contributed by atoms with Gasteiger partial charge in [-0.15, -0.1) is 0 Å². The molecule has 0 unspecified atom stereocenters. The fourth-order valence-electron chi connectivity index (χ4n) is 3.43. The van der Waals surface area contributed by atoms with Gasteiger partial charge in [-0.25, -0.2) is 0 Å². The number of aryl methyl sites for hydroxylation is 1. The summed E-state index contributed by atoms with van der Waals surface area (Å²) in [5, 5.41) is 0. The standard InChI is InChI=1S/C23H40O.H3O3P/c1-7-9-11-13-15-20-19(3)16-17-21(22(20)23(4,5)6)24-18-14-12-10-8-2;1-4(2)3/h16-17H,7-15,18H2,1-6H3;1-3H. The Labute approximate surface area is 174 Å². The maximum Gasteiger partial charge on any atom is 0.324 e. The van der Waals surface area contributed by atoms with Crippen LogP contribution in [-0.4, -0.2) is 21.3 Å². The summed E-state index contributed by atoms with van der Waals surface area (Å²) in [4.78, 5) is 21.7. The highest BCUT2D eigenvalue weighted by Crippen LogP contribution is 2.37. The van der Waals surface area contributed by atoms with E-state index in [1.807, 2.05) is 0 Å². The van der Waals surface area contributed by atoms with E-state index < -0.39 is 8.60 Å². The Bertz CT molecular complexity index is 521. The van der Waals surface area contributed by atoms with Crippen LogP contribution in [0.25, 0.3) is 0 Å². The zero-order valence-corrected chi connectivity index (χ0v) is 19.8. The third kappa shape index (κ3) is 12.0. The van der Waals surface area contributed by atoms with Gasteiger partial charge in [-0.3, -0.25) is 0 Å². The third-order valence-corrected chi connectivity index (χ3v) is 4.79. The van der Waals surface area contributed by atoms with Crippen molar-refractivity contribution in [2.45, 2.75) is 105 Å². The second kappa shape index (κ2) is 15.2. The van der Waals surface area contributed by atoms with Crippen molar-refractivity contribution in [3.8, 4) is 5.75 Å². The quantitative estimate of drug-likeness (QED) is 0.283. The van der Waals surface area contributed by atoms with Gasteiger partial charge in [0.25, 0.3) is 0 Å². The van der Waals surface area contributed by atoms with Gasteiger partial charge in [0.1, 0.15) is 5.75 Å². The second-order valence-corrected chi connectivity index (χ2v) is 9.01. The summed E-state index contributed by atoms with van der Waals surface area (Å²) >= 11 is 0. The molecule has 0 spiro atoms. The monoisotopic (exact) mass is 414 g/mol. The van der Waals surface area contributed by atoms with Crippen molar-refractivity contribution in [2.24, 2.45) is 0 Å². The molecule has 0 fully saturated rings. The molecule has 1 rings (SSSR count).